The van der Waals surface area contributed by atoms with Crippen molar-refractivity contribution in [3.05, 3.63) is 36.2 Å². The van der Waals surface area contributed by atoms with Gasteiger partial charge in [0.2, 0.25) is 0 Å². The van der Waals surface area contributed by atoms with Gasteiger partial charge in [0.15, 0.2) is 6.10 Å². The van der Waals surface area contributed by atoms with Crippen molar-refractivity contribution >= 4 is 5.97 Å². The Morgan fingerprint density at radius 3 is 2.83 bits per heavy atom. The molecule has 2 aromatic rings. The first kappa shape index (κ1) is 12.1. The third-order valence-corrected chi connectivity index (χ3v) is 2.46. The number of aromatic nitrogens is 3. The molecule has 0 saturated heterocycles. The van der Waals surface area contributed by atoms with Crippen LogP contribution in [0.3, 0.4) is 0 Å². The molecule has 0 aliphatic carbocycles. The first-order chi connectivity index (χ1) is 8.58. The molecule has 0 fully saturated rings. The Kier molecular flexibility index (Phi) is 3.27. The van der Waals surface area contributed by atoms with Crippen molar-refractivity contribution in [3.63, 3.8) is 0 Å². The Hall–Kier alpha value is -2.37. The zero-order valence-electron chi connectivity index (χ0n) is 10.1. The molecule has 0 aliphatic heterocycles. The first-order valence-corrected chi connectivity index (χ1v) is 5.45. The molecule has 94 valence electrons. The van der Waals surface area contributed by atoms with Crippen LogP contribution in [0.1, 0.15) is 12.5 Å². The summed E-state index contributed by atoms with van der Waals surface area (Å²) >= 11 is 0. The van der Waals surface area contributed by atoms with Gasteiger partial charge in [-0.25, -0.2) is 9.48 Å². The highest BCUT2D eigenvalue weighted by Crippen LogP contribution is 2.13. The van der Waals surface area contributed by atoms with E-state index in [4.69, 9.17) is 9.84 Å². The average Bonchev–Trinajstić information content (AvgIpc) is 2.77. The quantitative estimate of drug-likeness (QED) is 0.884. The van der Waals surface area contributed by atoms with E-state index >= 15 is 0 Å². The van der Waals surface area contributed by atoms with Crippen LogP contribution >= 0.6 is 0 Å². The van der Waals surface area contributed by atoms with Crippen LogP contribution in [-0.4, -0.2) is 31.9 Å². The molecule has 2 rings (SSSR count). The lowest BCUT2D eigenvalue weighted by molar-refractivity contribution is -0.144. The fraction of sp³-hybridized carbons (Fsp3) is 0.250. The van der Waals surface area contributed by atoms with Crippen molar-refractivity contribution in [3.8, 4) is 11.7 Å². The van der Waals surface area contributed by atoms with E-state index in [9.17, 15) is 4.79 Å². The topological polar surface area (TPSA) is 77.2 Å². The van der Waals surface area contributed by atoms with Crippen LogP contribution < -0.4 is 4.74 Å². The van der Waals surface area contributed by atoms with Crippen LogP contribution in [0, 0.1) is 6.92 Å². The Balaban J connectivity index is 2.21. The van der Waals surface area contributed by atoms with Crippen LogP contribution in [0.2, 0.25) is 0 Å². The molecule has 0 bridgehead atoms. The Bertz CT molecular complexity index is 565. The molecular formula is C12H13N3O3. The van der Waals surface area contributed by atoms with Gasteiger partial charge in [-0.3, -0.25) is 0 Å². The summed E-state index contributed by atoms with van der Waals surface area (Å²) in [6.07, 6.45) is 0.518. The lowest BCUT2D eigenvalue weighted by Gasteiger charge is -2.06. The number of rotatable bonds is 4. The molecular weight excluding hydrogens is 234 g/mol. The zero-order valence-corrected chi connectivity index (χ0v) is 10.1. The summed E-state index contributed by atoms with van der Waals surface area (Å²) in [7, 11) is 0. The van der Waals surface area contributed by atoms with Gasteiger partial charge < -0.3 is 9.84 Å². The molecule has 0 saturated carbocycles. The van der Waals surface area contributed by atoms with Gasteiger partial charge in [0.1, 0.15) is 6.33 Å². The smallest absolute Gasteiger partial charge is 0.344 e. The van der Waals surface area contributed by atoms with Crippen LogP contribution in [0.4, 0.5) is 0 Å². The predicted octanol–water partition coefficient (Wildman–Crippen LogP) is 1.43. The molecule has 0 spiro atoms. The summed E-state index contributed by atoms with van der Waals surface area (Å²) in [4.78, 5) is 14.6. The third kappa shape index (κ3) is 2.48. The minimum Gasteiger partial charge on any atom is -0.479 e. The number of benzene rings is 1. The Morgan fingerprint density at radius 2 is 2.17 bits per heavy atom. The molecule has 1 heterocycles. The molecule has 6 nitrogen and oxygen atoms in total. The predicted molar refractivity (Wildman–Crippen MR) is 63.8 cm³/mol. The average molecular weight is 247 g/mol. The van der Waals surface area contributed by atoms with Crippen LogP contribution in [-0.2, 0) is 4.79 Å². The number of para-hydroxylation sites is 1. The van der Waals surface area contributed by atoms with Gasteiger partial charge in [0, 0.05) is 0 Å². The van der Waals surface area contributed by atoms with Crippen molar-refractivity contribution in [2.45, 2.75) is 20.0 Å². The van der Waals surface area contributed by atoms with Crippen LogP contribution in [0.5, 0.6) is 6.01 Å². The number of ether oxygens (including phenoxy) is 1. The van der Waals surface area contributed by atoms with Crippen LogP contribution in [0.15, 0.2) is 30.6 Å². The fourth-order valence-corrected chi connectivity index (χ4v) is 1.45. The van der Waals surface area contributed by atoms with Gasteiger partial charge >= 0.3 is 12.0 Å². The molecule has 0 amide bonds. The summed E-state index contributed by atoms with van der Waals surface area (Å²) in [6, 6.07) is 7.73. The second kappa shape index (κ2) is 4.87. The largest absolute Gasteiger partial charge is 0.479 e. The maximum Gasteiger partial charge on any atom is 0.344 e. The third-order valence-electron chi connectivity index (χ3n) is 2.46. The van der Waals surface area contributed by atoms with Gasteiger partial charge in [-0.05, 0) is 25.5 Å². The highest BCUT2D eigenvalue weighted by atomic mass is 16.5. The van der Waals surface area contributed by atoms with Crippen molar-refractivity contribution in [2.75, 3.05) is 0 Å². The van der Waals surface area contributed by atoms with E-state index in [1.165, 1.54) is 13.3 Å². The van der Waals surface area contributed by atoms with Gasteiger partial charge in [-0.2, -0.15) is 4.98 Å². The van der Waals surface area contributed by atoms with Gasteiger partial charge in [0.25, 0.3) is 0 Å². The monoisotopic (exact) mass is 247 g/mol. The number of carboxylic acid groups (broad SMARTS) is 1. The number of hydrogen-bond donors (Lipinski definition) is 1. The maximum absolute atomic E-state index is 10.6. The second-order valence-electron chi connectivity index (χ2n) is 3.86. The van der Waals surface area contributed by atoms with Gasteiger partial charge in [-0.15, -0.1) is 5.10 Å². The number of aryl methyl sites for hydroxylation is 1. The minimum absolute atomic E-state index is 0.0492. The summed E-state index contributed by atoms with van der Waals surface area (Å²) < 4.78 is 6.63. The van der Waals surface area contributed by atoms with E-state index in [0.717, 1.165) is 11.3 Å². The lowest BCUT2D eigenvalue weighted by Crippen LogP contribution is -2.23. The van der Waals surface area contributed by atoms with Crippen molar-refractivity contribution in [2.24, 2.45) is 0 Å². The molecule has 6 heteroatoms. The molecule has 1 aromatic carbocycles. The number of aliphatic carboxylic acids is 1. The van der Waals surface area contributed by atoms with Crippen LogP contribution in [0.25, 0.3) is 5.69 Å². The Morgan fingerprint density at radius 1 is 1.44 bits per heavy atom. The Labute approximate surface area is 104 Å². The molecule has 1 unspecified atom stereocenters. The van der Waals surface area contributed by atoms with Crippen molar-refractivity contribution in [1.82, 2.24) is 14.8 Å². The summed E-state index contributed by atoms with van der Waals surface area (Å²) in [5, 5.41) is 12.8. The molecule has 18 heavy (non-hydrogen) atoms. The maximum atomic E-state index is 10.6. The van der Waals surface area contributed by atoms with E-state index in [0.29, 0.717) is 0 Å². The summed E-state index contributed by atoms with van der Waals surface area (Å²) in [6.45, 7) is 3.38. The van der Waals surface area contributed by atoms with E-state index in [1.54, 1.807) is 4.68 Å². The summed E-state index contributed by atoms with van der Waals surface area (Å²) in [5.41, 5.74) is 1.92. The molecule has 0 aliphatic rings. The lowest BCUT2D eigenvalue weighted by atomic mass is 10.2. The highest BCUT2D eigenvalue weighted by Gasteiger charge is 2.15. The van der Waals surface area contributed by atoms with E-state index in [2.05, 4.69) is 10.1 Å². The molecule has 1 atom stereocenters. The van der Waals surface area contributed by atoms with E-state index in [-0.39, 0.29) is 6.01 Å². The molecule has 1 aromatic heterocycles. The number of carboxylic acids is 1. The normalized spacial score (nSPS) is 12.1. The number of nitrogens with zero attached hydrogens (tertiary/aromatic N) is 3. The van der Waals surface area contributed by atoms with E-state index < -0.39 is 12.1 Å². The van der Waals surface area contributed by atoms with Gasteiger partial charge in [0.05, 0.1) is 5.69 Å². The highest BCUT2D eigenvalue weighted by molar-refractivity contribution is 5.72. The standard InChI is InChI=1S/C12H13N3O3/c1-8-5-3-4-6-10(8)15-7-13-12(14-15)18-9(2)11(16)17/h3-7,9H,1-2H3,(H,16,17). The van der Waals surface area contributed by atoms with Gasteiger partial charge in [-0.1, -0.05) is 18.2 Å². The van der Waals surface area contributed by atoms with Crippen molar-refractivity contribution < 1.29 is 14.6 Å². The molecule has 0 radical (unpaired) electrons. The second-order valence-corrected chi connectivity index (χ2v) is 3.86. The summed E-state index contributed by atoms with van der Waals surface area (Å²) in [5.74, 6) is -1.05. The first-order valence-electron chi connectivity index (χ1n) is 5.45. The van der Waals surface area contributed by atoms with E-state index in [1.807, 2.05) is 31.2 Å². The molecule has 1 N–H and O–H groups in total. The minimum atomic E-state index is -1.05. The number of carbonyl (C=O) groups is 1. The SMILES string of the molecule is Cc1ccccc1-n1cnc(OC(C)C(=O)O)n1. The zero-order chi connectivity index (χ0) is 13.1. The van der Waals surface area contributed by atoms with Crippen molar-refractivity contribution in [1.29, 1.82) is 0 Å². The fourth-order valence-electron chi connectivity index (χ4n) is 1.45. The number of hydrogen-bond acceptors (Lipinski definition) is 4.